The molecule has 5 saturated carbocycles. The molecule has 0 aromatic carbocycles. The van der Waals surface area contributed by atoms with Gasteiger partial charge in [-0.15, -0.1) is 19.3 Å². The van der Waals surface area contributed by atoms with Gasteiger partial charge in [-0.1, -0.05) is 44.5 Å². The first kappa shape index (κ1) is 73.0. The zero-order valence-corrected chi connectivity index (χ0v) is 59.0. The van der Waals surface area contributed by atoms with Gasteiger partial charge in [0, 0.05) is 25.7 Å². The van der Waals surface area contributed by atoms with Gasteiger partial charge in [-0.05, 0) is 121 Å². The van der Waals surface area contributed by atoms with E-state index >= 15 is 0 Å². The molecule has 6 N–H and O–H groups in total. The molecule has 34 nitrogen and oxygen atoms in total. The lowest BCUT2D eigenvalue weighted by Crippen LogP contribution is -2.53. The van der Waals surface area contributed by atoms with Crippen LogP contribution in [0.15, 0.2) is 19.0 Å². The number of esters is 2. The summed E-state index contributed by atoms with van der Waals surface area (Å²) in [6.07, 6.45) is 26.9. The Morgan fingerprint density at radius 2 is 1.04 bits per heavy atom. The van der Waals surface area contributed by atoms with Crippen molar-refractivity contribution in [2.75, 3.05) is 56.8 Å². The van der Waals surface area contributed by atoms with E-state index in [9.17, 15) is 28.8 Å². The lowest BCUT2D eigenvalue weighted by molar-refractivity contribution is -0.167. The molecule has 6 aromatic heterocycles. The Labute approximate surface area is 603 Å². The number of nitrogen functional groups attached to an aromatic ring is 3. The molecule has 5 saturated heterocycles. The van der Waals surface area contributed by atoms with Gasteiger partial charge >= 0.3 is 36.6 Å². The molecule has 10 aliphatic rings. The van der Waals surface area contributed by atoms with Gasteiger partial charge in [0.1, 0.15) is 90.3 Å². The summed E-state index contributed by atoms with van der Waals surface area (Å²) in [7, 11) is 0. The van der Waals surface area contributed by atoms with E-state index in [0.717, 1.165) is 44.9 Å². The third-order valence-corrected chi connectivity index (χ3v) is 21.1. The summed E-state index contributed by atoms with van der Waals surface area (Å²) in [4.78, 5) is 114. The molecule has 6 aromatic rings. The number of carbonyl (C=O) groups excluding carboxylic acids is 6. The largest absolute Gasteiger partial charge is 0.508 e. The number of carbonyl (C=O) groups is 6. The standard InChI is InChI=1S/C28H35N5O6.C23H27N5O7.C20H23N5O6/c1-5-28(13-36-26(35)39-27-10-17-6-18(11-27)8-19(7-17)12-27)20(37-25(34)15(2)3)9-21(38-28)33-14-30-22-23(29)31-16(4)32-24(22)33;1-3-23-11-33-21(29)31-9-14-6-4-5-7-15(14)10-32-22(30)34-16(23)8-17(35-23)28-12-25-18-19(24)26-13(2)27-20(18)28;1-3-20-10-29-19(27)28-8-6-4-5-7-15(26)30-13(20)9-14(31-20)25-11-22-16-17(21)23-12(2)24-18(16)25/h1,14-15,17-21H,6-13H2,2-4H3,(H2,29,31,32);1,12,14-17H,4-11H2,2H3,(H2,24,26,27);1,11,13-14H,4-10H2,2H3,(H2,21,23,24)/t17?,18?,19?,20-,21+,27?,28+;14?,15?,16-,17+,23+;13-,14+,20+/m000/s1. The van der Waals surface area contributed by atoms with Gasteiger partial charge in [-0.2, -0.15) is 0 Å². The number of cyclic esters (lactones) is 5. The maximum atomic E-state index is 13.0. The molecule has 0 radical (unpaired) electrons. The number of hydrogen-bond donors (Lipinski definition) is 3. The second-order valence-electron chi connectivity index (χ2n) is 28.8. The number of rotatable bonds is 8. The molecule has 11 heterocycles. The fourth-order valence-electron chi connectivity index (χ4n) is 16.2. The highest BCUT2D eigenvalue weighted by Gasteiger charge is 2.58. The van der Waals surface area contributed by atoms with Crippen molar-refractivity contribution in [3.05, 3.63) is 36.5 Å². The summed E-state index contributed by atoms with van der Waals surface area (Å²) in [5.41, 5.74) is 15.5. The van der Waals surface area contributed by atoms with Gasteiger partial charge in [0.2, 0.25) is 16.8 Å². The van der Waals surface area contributed by atoms with Crippen LogP contribution in [0.4, 0.5) is 36.6 Å². The van der Waals surface area contributed by atoms with Crippen LogP contribution < -0.4 is 17.2 Å². The van der Waals surface area contributed by atoms with E-state index in [2.05, 4.69) is 62.6 Å². The van der Waals surface area contributed by atoms with Gasteiger partial charge in [0.05, 0.1) is 44.7 Å². The van der Waals surface area contributed by atoms with Crippen LogP contribution >= 0.6 is 0 Å². The molecule has 0 spiro atoms. The van der Waals surface area contributed by atoms with Crippen molar-refractivity contribution in [1.82, 2.24) is 58.6 Å². The molecule has 5 aliphatic carbocycles. The highest BCUT2D eigenvalue weighted by atomic mass is 16.8. The predicted molar refractivity (Wildman–Crippen MR) is 365 cm³/mol. The lowest BCUT2D eigenvalue weighted by atomic mass is 9.54. The average Bonchev–Trinajstić information content (AvgIpc) is 1.22. The molecule has 4 bridgehead atoms. The van der Waals surface area contributed by atoms with Crippen LogP contribution in [-0.2, 0) is 71.2 Å². The highest BCUT2D eigenvalue weighted by Crippen LogP contribution is 2.57. The number of hydrogen-bond acceptors (Lipinski definition) is 31. The van der Waals surface area contributed by atoms with Crippen LogP contribution in [0, 0.1) is 93.3 Å². The molecule has 16 rings (SSSR count). The topological polar surface area (TPSA) is 431 Å². The average molecular weight is 1450 g/mol. The summed E-state index contributed by atoms with van der Waals surface area (Å²) >= 11 is 0. The zero-order valence-electron chi connectivity index (χ0n) is 59.0. The van der Waals surface area contributed by atoms with Gasteiger partial charge in [0.25, 0.3) is 0 Å². The van der Waals surface area contributed by atoms with Crippen molar-refractivity contribution < 1.29 is 90.3 Å². The Bertz CT molecular complexity index is 4410. The number of anilines is 3. The second kappa shape index (κ2) is 30.0. The molecule has 2 unspecified atom stereocenters. The third-order valence-electron chi connectivity index (χ3n) is 21.1. The quantitative estimate of drug-likeness (QED) is 0.0741. The second-order valence-corrected chi connectivity index (χ2v) is 28.8. The van der Waals surface area contributed by atoms with Crippen LogP contribution in [0.2, 0.25) is 0 Å². The van der Waals surface area contributed by atoms with Crippen molar-refractivity contribution >= 4 is 87.5 Å². The van der Waals surface area contributed by atoms with E-state index < -0.39 is 96.0 Å². The Morgan fingerprint density at radius 3 is 1.51 bits per heavy atom. The molecule has 558 valence electrons. The van der Waals surface area contributed by atoms with E-state index in [0.29, 0.717) is 88.0 Å². The fraction of sp³-hybridized carbons (Fsp3) is 0.620. The van der Waals surface area contributed by atoms with E-state index in [4.69, 9.17) is 98.1 Å². The maximum absolute atomic E-state index is 13.0. The lowest BCUT2D eigenvalue weighted by Gasteiger charge is -2.55. The summed E-state index contributed by atoms with van der Waals surface area (Å²) in [6.45, 7) is 8.12. The van der Waals surface area contributed by atoms with Gasteiger partial charge in [0.15, 0.2) is 40.5 Å². The number of aryl methyl sites for hydroxylation is 3. The van der Waals surface area contributed by atoms with Crippen molar-refractivity contribution in [3.8, 4) is 37.0 Å². The SMILES string of the molecule is C#C[C@@]12COC(=O)OCC3CCCCC3COC(=O)O[C@H]1C[C@H](n1cnc3c(N)nc(C)nc31)O2.C#C[C@@]12COC(=O)OCCCCCC(=O)O[C@H]1C[C@H](n1cnc3c(N)nc(C)nc31)O2.C#C[C@]1(COC(=O)OC23CC4CC(CC(C4)C2)C3)O[C@@H](n2cnc3c(N)nc(C)nc32)C[C@@H]1OC(=O)C(C)C. The number of fused-ring (bicyclic) bond motifs is 6. The number of imidazole rings is 3. The fourth-order valence-corrected chi connectivity index (χ4v) is 16.2. The molecule has 105 heavy (non-hydrogen) atoms. The number of aromatic nitrogens is 12. The molecule has 10 fully saturated rings. The van der Waals surface area contributed by atoms with Crippen molar-refractivity contribution in [1.29, 1.82) is 0 Å². The Hall–Kier alpha value is -10.4. The molecule has 5 aliphatic heterocycles. The third kappa shape index (κ3) is 15.3. The summed E-state index contributed by atoms with van der Waals surface area (Å²) in [5, 5.41) is 0. The van der Waals surface area contributed by atoms with Crippen LogP contribution in [0.25, 0.3) is 33.5 Å². The van der Waals surface area contributed by atoms with E-state index in [1.165, 1.54) is 38.2 Å². The summed E-state index contributed by atoms with van der Waals surface area (Å²) < 4.78 is 78.8. The summed E-state index contributed by atoms with van der Waals surface area (Å²) in [6, 6.07) is 0. The maximum Gasteiger partial charge on any atom is 0.508 e. The summed E-state index contributed by atoms with van der Waals surface area (Å²) in [5.74, 6) is 10.6. The van der Waals surface area contributed by atoms with Crippen LogP contribution in [0.1, 0.15) is 159 Å². The predicted octanol–water partition coefficient (Wildman–Crippen LogP) is 7.85. The number of nitrogens with two attached hydrogens (primary N) is 3. The smallest absolute Gasteiger partial charge is 0.458 e. The molecular weight excluding hydrogens is 1370 g/mol. The van der Waals surface area contributed by atoms with Gasteiger partial charge in [-0.3, -0.25) is 23.3 Å². The zero-order chi connectivity index (χ0) is 74.1. The molecule has 34 heteroatoms. The minimum Gasteiger partial charge on any atom is -0.458 e. The van der Waals surface area contributed by atoms with E-state index in [-0.39, 0.29) is 101 Å². The van der Waals surface area contributed by atoms with Gasteiger partial charge < -0.3 is 78.8 Å². The van der Waals surface area contributed by atoms with Crippen LogP contribution in [0.3, 0.4) is 0 Å². The van der Waals surface area contributed by atoms with Crippen molar-refractivity contribution in [2.24, 2.45) is 35.5 Å². The highest BCUT2D eigenvalue weighted by molar-refractivity contribution is 5.83. The molecule has 0 amide bonds. The Morgan fingerprint density at radius 1 is 0.571 bits per heavy atom. The van der Waals surface area contributed by atoms with Crippen molar-refractivity contribution in [3.63, 3.8) is 0 Å². The minimum absolute atomic E-state index is 0.0699. The first-order valence-electron chi connectivity index (χ1n) is 35.4. The first-order valence-corrected chi connectivity index (χ1v) is 35.4. The van der Waals surface area contributed by atoms with E-state index in [1.807, 2.05) is 0 Å². The number of ether oxygens (including phenoxy) is 13. The Kier molecular flexibility index (Phi) is 20.8. The molecular formula is C71H85N15O19. The van der Waals surface area contributed by atoms with Gasteiger partial charge in [-0.25, -0.2) is 64.0 Å². The minimum atomic E-state index is -1.58. The van der Waals surface area contributed by atoms with Crippen LogP contribution in [-0.4, -0.2) is 175 Å². The number of nitrogens with zero attached hydrogens (tertiary/aromatic N) is 12. The van der Waals surface area contributed by atoms with Crippen molar-refractivity contribution in [2.45, 2.75) is 203 Å². The molecule has 11 atom stereocenters. The van der Waals surface area contributed by atoms with E-state index in [1.54, 1.807) is 48.3 Å². The Balaban J connectivity index is 0.000000141. The first-order chi connectivity index (χ1) is 50.4. The number of terminal acetylenes is 3. The monoisotopic (exact) mass is 1450 g/mol. The van der Waals surface area contributed by atoms with Crippen LogP contribution in [0.5, 0.6) is 0 Å². The normalized spacial score (nSPS) is 31.7.